The summed E-state index contributed by atoms with van der Waals surface area (Å²) >= 11 is 1.71. The molecule has 2 aromatic rings. The molecule has 0 spiro atoms. The third-order valence-electron chi connectivity index (χ3n) is 9.33. The van der Waals surface area contributed by atoms with Crippen LogP contribution in [-0.2, 0) is 19.7 Å². The van der Waals surface area contributed by atoms with Gasteiger partial charge in [0.2, 0.25) is 0 Å². The Labute approximate surface area is 239 Å². The van der Waals surface area contributed by atoms with Crippen LogP contribution in [0.4, 0.5) is 0 Å². The molecule has 2 aromatic carbocycles. The van der Waals surface area contributed by atoms with E-state index in [2.05, 4.69) is 45.0 Å². The topological polar surface area (TPSA) is 52.6 Å². The van der Waals surface area contributed by atoms with E-state index in [0.29, 0.717) is 18.6 Å². The van der Waals surface area contributed by atoms with Gasteiger partial charge in [-0.25, -0.2) is 0 Å². The van der Waals surface area contributed by atoms with Crippen LogP contribution in [-0.4, -0.2) is 17.5 Å². The van der Waals surface area contributed by atoms with Gasteiger partial charge >= 0.3 is 11.9 Å². The van der Waals surface area contributed by atoms with E-state index in [-0.39, 0.29) is 41.0 Å². The van der Waals surface area contributed by atoms with Crippen molar-refractivity contribution >= 4 is 23.7 Å². The van der Waals surface area contributed by atoms with Gasteiger partial charge in [-0.2, -0.15) is 0 Å². The summed E-state index contributed by atoms with van der Waals surface area (Å²) in [6.45, 7) is 12.8. The highest BCUT2D eigenvalue weighted by Crippen LogP contribution is 2.48. The van der Waals surface area contributed by atoms with Gasteiger partial charge in [-0.15, -0.1) is 0 Å². The maximum atomic E-state index is 13.3. The molecule has 0 radical (unpaired) electrons. The number of hydrogen-bond acceptors (Lipinski definition) is 5. The van der Waals surface area contributed by atoms with Crippen molar-refractivity contribution in [2.75, 3.05) is 0 Å². The monoisotopic (exact) mass is 550 g/mol. The van der Waals surface area contributed by atoms with Crippen molar-refractivity contribution in [3.8, 4) is 5.75 Å². The Bertz CT molecular complexity index is 1120. The first-order chi connectivity index (χ1) is 18.5. The summed E-state index contributed by atoms with van der Waals surface area (Å²) < 4.78 is 11.8. The van der Waals surface area contributed by atoms with Crippen LogP contribution in [0.2, 0.25) is 0 Å². The van der Waals surface area contributed by atoms with Gasteiger partial charge in [-0.3, -0.25) is 9.59 Å². The van der Waals surface area contributed by atoms with E-state index in [4.69, 9.17) is 9.47 Å². The zero-order chi connectivity index (χ0) is 28.2. The number of ether oxygens (including phenoxy) is 2. The van der Waals surface area contributed by atoms with Crippen molar-refractivity contribution < 1.29 is 19.1 Å². The van der Waals surface area contributed by atoms with Crippen molar-refractivity contribution in [2.45, 2.75) is 114 Å². The number of carbonyl (C=O) groups is 2. The Morgan fingerprint density at radius 2 is 1.26 bits per heavy atom. The van der Waals surface area contributed by atoms with Crippen molar-refractivity contribution in [2.24, 2.45) is 23.7 Å². The summed E-state index contributed by atoms with van der Waals surface area (Å²) in [4.78, 5) is 28.7. The normalized spacial score (nSPS) is 23.5. The quantitative estimate of drug-likeness (QED) is 0.230. The summed E-state index contributed by atoms with van der Waals surface area (Å²) in [5, 5.41) is 0. The summed E-state index contributed by atoms with van der Waals surface area (Å²) in [6, 6.07) is 16.6. The van der Waals surface area contributed by atoms with Gasteiger partial charge in [-0.05, 0) is 112 Å². The maximum Gasteiger partial charge on any atom is 0.314 e. The molecule has 212 valence electrons. The molecular formula is C34H46O4S. The second kappa shape index (κ2) is 12.5. The first-order valence-corrected chi connectivity index (χ1v) is 15.7. The molecule has 0 saturated heterocycles. The van der Waals surface area contributed by atoms with Crippen molar-refractivity contribution in [3.63, 3.8) is 0 Å². The average Bonchev–Trinajstić information content (AvgIpc) is 2.93. The van der Waals surface area contributed by atoms with Crippen molar-refractivity contribution in [1.29, 1.82) is 0 Å². The first kappa shape index (κ1) is 29.7. The highest BCUT2D eigenvalue weighted by molar-refractivity contribution is 7.99. The van der Waals surface area contributed by atoms with Crippen LogP contribution < -0.4 is 4.74 Å². The lowest BCUT2D eigenvalue weighted by Gasteiger charge is -2.44. The van der Waals surface area contributed by atoms with Crippen LogP contribution in [0.25, 0.3) is 0 Å². The Morgan fingerprint density at radius 3 is 1.77 bits per heavy atom. The molecule has 2 fully saturated rings. The van der Waals surface area contributed by atoms with Crippen LogP contribution >= 0.6 is 11.8 Å². The van der Waals surface area contributed by atoms with Gasteiger partial charge in [-0.1, -0.05) is 64.4 Å². The highest BCUT2D eigenvalue weighted by Gasteiger charge is 2.47. The minimum Gasteiger partial charge on any atom is -0.459 e. The van der Waals surface area contributed by atoms with Gasteiger partial charge in [0.1, 0.15) is 11.4 Å². The van der Waals surface area contributed by atoms with Gasteiger partial charge in [0.05, 0.1) is 11.8 Å². The molecule has 0 aliphatic heterocycles. The minimum absolute atomic E-state index is 0.0811. The smallest absolute Gasteiger partial charge is 0.314 e. The van der Waals surface area contributed by atoms with Crippen LogP contribution in [0.1, 0.15) is 98.5 Å². The van der Waals surface area contributed by atoms with E-state index >= 15 is 0 Å². The Hall–Kier alpha value is -2.27. The molecule has 4 rings (SSSR count). The lowest BCUT2D eigenvalue weighted by Crippen LogP contribution is -2.45. The number of carbonyl (C=O) groups excluding carboxylic acids is 2. The SMILES string of the molecule is CCC(C)(C)OC(=O)C1CCC(C(=O)Oc2ccc(Sc3ccc(C(C)(C)CC)cc3)cc2)C2CCCCC12. The van der Waals surface area contributed by atoms with Crippen LogP contribution in [0.5, 0.6) is 5.75 Å². The second-order valence-corrected chi connectivity index (χ2v) is 13.8. The molecule has 0 amide bonds. The molecule has 0 bridgehead atoms. The lowest BCUT2D eigenvalue weighted by atomic mass is 9.61. The van der Waals surface area contributed by atoms with E-state index in [0.717, 1.165) is 43.4 Å². The van der Waals surface area contributed by atoms with Crippen LogP contribution in [0.3, 0.4) is 0 Å². The third-order valence-corrected chi connectivity index (χ3v) is 10.3. The molecule has 2 aliphatic carbocycles. The number of esters is 2. The molecule has 2 saturated carbocycles. The predicted octanol–water partition coefficient (Wildman–Crippen LogP) is 9.00. The summed E-state index contributed by atoms with van der Waals surface area (Å²) in [7, 11) is 0. The van der Waals surface area contributed by atoms with Crippen molar-refractivity contribution in [1.82, 2.24) is 0 Å². The van der Waals surface area contributed by atoms with Gasteiger partial charge < -0.3 is 9.47 Å². The van der Waals surface area contributed by atoms with E-state index < -0.39 is 5.60 Å². The fraction of sp³-hybridized carbons (Fsp3) is 0.588. The summed E-state index contributed by atoms with van der Waals surface area (Å²) in [5.74, 6) is 0.491. The van der Waals surface area contributed by atoms with E-state index in [1.165, 1.54) is 10.5 Å². The summed E-state index contributed by atoms with van der Waals surface area (Å²) in [6.07, 6.45) is 7.47. The first-order valence-electron chi connectivity index (χ1n) is 14.9. The largest absolute Gasteiger partial charge is 0.459 e. The number of rotatable bonds is 9. The van der Waals surface area contributed by atoms with Crippen LogP contribution in [0.15, 0.2) is 58.3 Å². The third kappa shape index (κ3) is 7.28. The molecule has 0 aromatic heterocycles. The number of hydrogen-bond donors (Lipinski definition) is 0. The molecule has 0 N–H and O–H groups in total. The van der Waals surface area contributed by atoms with E-state index in [1.807, 2.05) is 45.0 Å². The fourth-order valence-electron chi connectivity index (χ4n) is 6.06. The number of benzene rings is 2. The van der Waals surface area contributed by atoms with Gasteiger partial charge in [0, 0.05) is 9.79 Å². The Morgan fingerprint density at radius 1 is 0.744 bits per heavy atom. The van der Waals surface area contributed by atoms with Gasteiger partial charge in [0.25, 0.3) is 0 Å². The highest BCUT2D eigenvalue weighted by atomic mass is 32.2. The molecular weight excluding hydrogens is 504 g/mol. The van der Waals surface area contributed by atoms with Crippen LogP contribution in [0, 0.1) is 23.7 Å². The molecule has 4 atom stereocenters. The lowest BCUT2D eigenvalue weighted by molar-refractivity contribution is -0.170. The zero-order valence-electron chi connectivity index (χ0n) is 24.6. The maximum absolute atomic E-state index is 13.3. The fourth-order valence-corrected chi connectivity index (χ4v) is 6.88. The zero-order valence-corrected chi connectivity index (χ0v) is 25.4. The molecule has 0 heterocycles. The molecule has 5 heteroatoms. The summed E-state index contributed by atoms with van der Waals surface area (Å²) in [5.41, 5.74) is 1.09. The van der Waals surface area contributed by atoms with Crippen molar-refractivity contribution in [3.05, 3.63) is 54.1 Å². The Kier molecular flexibility index (Phi) is 9.52. The molecule has 4 nitrogen and oxygen atoms in total. The Balaban J connectivity index is 1.36. The second-order valence-electron chi connectivity index (χ2n) is 12.7. The van der Waals surface area contributed by atoms with Gasteiger partial charge in [0.15, 0.2) is 0 Å². The average molecular weight is 551 g/mol. The molecule has 4 unspecified atom stereocenters. The minimum atomic E-state index is -0.448. The molecule has 2 aliphatic rings. The predicted molar refractivity (Wildman–Crippen MR) is 158 cm³/mol. The number of fused-ring (bicyclic) bond motifs is 1. The van der Waals surface area contributed by atoms with E-state index in [9.17, 15) is 9.59 Å². The standard InChI is InChI=1S/C34H46O4S/c1-7-33(3,4)23-13-17-25(18-14-23)39-26-19-15-24(16-20-26)37-31(35)29-21-22-30(28-12-10-9-11-27(28)29)32(36)38-34(5,6)8-2/h13-20,27-30H,7-12,21-22H2,1-6H3. The molecule has 39 heavy (non-hydrogen) atoms. The van der Waals surface area contributed by atoms with E-state index in [1.54, 1.807) is 11.8 Å².